The van der Waals surface area contributed by atoms with Crippen LogP contribution >= 0.6 is 11.3 Å². The Balaban J connectivity index is 1.94. The van der Waals surface area contributed by atoms with Crippen LogP contribution in [0.3, 0.4) is 0 Å². The highest BCUT2D eigenvalue weighted by Gasteiger charge is 2.50. The van der Waals surface area contributed by atoms with E-state index in [1.807, 2.05) is 16.8 Å². The predicted octanol–water partition coefficient (Wildman–Crippen LogP) is 2.73. The number of rotatable bonds is 2. The Morgan fingerprint density at radius 1 is 1.69 bits per heavy atom. The molecule has 2 rings (SSSR count). The molecule has 1 aromatic heterocycles. The van der Waals surface area contributed by atoms with E-state index in [2.05, 4.69) is 19.2 Å². The van der Waals surface area contributed by atoms with Crippen molar-refractivity contribution in [3.8, 4) is 0 Å². The van der Waals surface area contributed by atoms with Crippen LogP contribution in [0.1, 0.15) is 20.3 Å². The van der Waals surface area contributed by atoms with Gasteiger partial charge in [0.05, 0.1) is 5.69 Å². The van der Waals surface area contributed by atoms with Crippen molar-refractivity contribution in [2.24, 2.45) is 11.3 Å². The lowest BCUT2D eigenvalue weighted by atomic mass is 10.1. The fourth-order valence-corrected chi connectivity index (χ4v) is 2.07. The standard InChI is InChI=1S/C10H13NOS/c1-10(2)5-8(10)9(12)11-7-3-4-13-6-7/h3-4,6,8H,5H2,1-2H3,(H,11,12). The van der Waals surface area contributed by atoms with Crippen molar-refractivity contribution in [2.45, 2.75) is 20.3 Å². The first-order valence-corrected chi connectivity index (χ1v) is 5.37. The summed E-state index contributed by atoms with van der Waals surface area (Å²) in [7, 11) is 0. The average Bonchev–Trinajstić information content (AvgIpc) is 2.49. The summed E-state index contributed by atoms with van der Waals surface area (Å²) in [5.74, 6) is 0.385. The first kappa shape index (κ1) is 8.75. The van der Waals surface area contributed by atoms with Gasteiger partial charge in [-0.2, -0.15) is 11.3 Å². The Labute approximate surface area is 82.0 Å². The van der Waals surface area contributed by atoms with Crippen molar-refractivity contribution in [3.05, 3.63) is 16.8 Å². The molecule has 13 heavy (non-hydrogen) atoms. The van der Waals surface area contributed by atoms with Gasteiger partial charge in [-0.05, 0) is 23.3 Å². The molecule has 1 N–H and O–H groups in total. The fourth-order valence-electron chi connectivity index (χ4n) is 1.48. The number of carbonyl (C=O) groups is 1. The molecule has 2 nitrogen and oxygen atoms in total. The Kier molecular flexibility index (Phi) is 1.91. The maximum atomic E-state index is 11.6. The number of carbonyl (C=O) groups excluding carboxylic acids is 1. The van der Waals surface area contributed by atoms with Gasteiger partial charge in [-0.1, -0.05) is 13.8 Å². The minimum Gasteiger partial charge on any atom is -0.325 e. The monoisotopic (exact) mass is 195 g/mol. The van der Waals surface area contributed by atoms with Gasteiger partial charge < -0.3 is 5.32 Å². The zero-order valence-electron chi connectivity index (χ0n) is 7.83. The molecule has 1 aromatic rings. The smallest absolute Gasteiger partial charge is 0.228 e. The van der Waals surface area contributed by atoms with Crippen molar-refractivity contribution in [3.63, 3.8) is 0 Å². The minimum atomic E-state index is 0.170. The van der Waals surface area contributed by atoms with Crippen LogP contribution in [0.4, 0.5) is 5.69 Å². The number of thiophene rings is 1. The molecule has 0 bridgehead atoms. The second-order valence-corrected chi connectivity index (χ2v) is 5.03. The third kappa shape index (κ3) is 1.75. The molecule has 0 radical (unpaired) electrons. The van der Waals surface area contributed by atoms with Gasteiger partial charge in [-0.3, -0.25) is 4.79 Å². The molecule has 1 aliphatic carbocycles. The van der Waals surface area contributed by atoms with Crippen LogP contribution in [0, 0.1) is 11.3 Å². The van der Waals surface area contributed by atoms with Crippen LogP contribution in [0.15, 0.2) is 16.8 Å². The van der Waals surface area contributed by atoms with E-state index in [9.17, 15) is 4.79 Å². The summed E-state index contributed by atoms with van der Waals surface area (Å²) in [5.41, 5.74) is 1.15. The van der Waals surface area contributed by atoms with Crippen molar-refractivity contribution in [1.82, 2.24) is 0 Å². The number of hydrogen-bond acceptors (Lipinski definition) is 2. The van der Waals surface area contributed by atoms with E-state index in [0.29, 0.717) is 0 Å². The van der Waals surface area contributed by atoms with Gasteiger partial charge >= 0.3 is 0 Å². The van der Waals surface area contributed by atoms with Crippen molar-refractivity contribution in [1.29, 1.82) is 0 Å². The van der Waals surface area contributed by atoms with Gasteiger partial charge in [0.25, 0.3) is 0 Å². The molecule has 0 aromatic carbocycles. The van der Waals surface area contributed by atoms with E-state index >= 15 is 0 Å². The third-order valence-electron chi connectivity index (χ3n) is 2.62. The molecular formula is C10H13NOS. The first-order chi connectivity index (χ1) is 6.09. The zero-order valence-corrected chi connectivity index (χ0v) is 8.65. The lowest BCUT2D eigenvalue weighted by Gasteiger charge is -2.03. The zero-order chi connectivity index (χ0) is 9.47. The van der Waals surface area contributed by atoms with Gasteiger partial charge in [-0.15, -0.1) is 0 Å². The summed E-state index contributed by atoms with van der Waals surface area (Å²) in [4.78, 5) is 11.6. The maximum absolute atomic E-state index is 11.6. The first-order valence-electron chi connectivity index (χ1n) is 4.43. The lowest BCUT2D eigenvalue weighted by Crippen LogP contribution is -2.15. The van der Waals surface area contributed by atoms with Crippen molar-refractivity contribution >= 4 is 22.9 Å². The number of hydrogen-bond donors (Lipinski definition) is 1. The molecule has 1 heterocycles. The topological polar surface area (TPSA) is 29.1 Å². The van der Waals surface area contributed by atoms with Crippen LogP contribution < -0.4 is 5.32 Å². The molecule has 1 amide bonds. The van der Waals surface area contributed by atoms with E-state index in [0.717, 1.165) is 12.1 Å². The van der Waals surface area contributed by atoms with E-state index in [4.69, 9.17) is 0 Å². The molecule has 1 atom stereocenters. The van der Waals surface area contributed by atoms with Gasteiger partial charge in [0.2, 0.25) is 5.91 Å². The van der Waals surface area contributed by atoms with Gasteiger partial charge in [0.15, 0.2) is 0 Å². The highest BCUT2D eigenvalue weighted by Crippen LogP contribution is 2.51. The molecule has 1 fully saturated rings. The SMILES string of the molecule is CC1(C)CC1C(=O)Nc1ccsc1. The van der Waals surface area contributed by atoms with Crippen LogP contribution in [0.2, 0.25) is 0 Å². The summed E-state index contributed by atoms with van der Waals surface area (Å²) in [6, 6.07) is 1.93. The van der Waals surface area contributed by atoms with Gasteiger partial charge in [0, 0.05) is 11.3 Å². The van der Waals surface area contributed by atoms with E-state index in [1.165, 1.54) is 0 Å². The van der Waals surface area contributed by atoms with Crippen molar-refractivity contribution < 1.29 is 4.79 Å². The summed E-state index contributed by atoms with van der Waals surface area (Å²) in [6.45, 7) is 4.26. The Morgan fingerprint density at radius 3 is 2.85 bits per heavy atom. The van der Waals surface area contributed by atoms with E-state index < -0.39 is 0 Å². The van der Waals surface area contributed by atoms with Crippen LogP contribution in [0.25, 0.3) is 0 Å². The molecule has 1 unspecified atom stereocenters. The van der Waals surface area contributed by atoms with Crippen molar-refractivity contribution in [2.75, 3.05) is 5.32 Å². The van der Waals surface area contributed by atoms with E-state index in [1.54, 1.807) is 11.3 Å². The maximum Gasteiger partial charge on any atom is 0.228 e. The Morgan fingerprint density at radius 2 is 2.38 bits per heavy atom. The number of anilines is 1. The summed E-state index contributed by atoms with van der Waals surface area (Å²) in [6.07, 6.45) is 1.02. The molecule has 1 aliphatic rings. The molecule has 3 heteroatoms. The highest BCUT2D eigenvalue weighted by atomic mass is 32.1. The van der Waals surface area contributed by atoms with Gasteiger partial charge in [-0.25, -0.2) is 0 Å². The third-order valence-corrected chi connectivity index (χ3v) is 3.30. The normalized spacial score (nSPS) is 24.0. The predicted molar refractivity (Wildman–Crippen MR) is 54.8 cm³/mol. The van der Waals surface area contributed by atoms with E-state index in [-0.39, 0.29) is 17.2 Å². The average molecular weight is 195 g/mol. The van der Waals surface area contributed by atoms with Gasteiger partial charge in [0.1, 0.15) is 0 Å². The Hall–Kier alpha value is -0.830. The molecule has 1 saturated carbocycles. The molecule has 0 saturated heterocycles. The minimum absolute atomic E-state index is 0.170. The second-order valence-electron chi connectivity index (χ2n) is 4.25. The van der Waals surface area contributed by atoms with Crippen LogP contribution in [0.5, 0.6) is 0 Å². The van der Waals surface area contributed by atoms with Crippen LogP contribution in [-0.2, 0) is 4.79 Å². The fraction of sp³-hybridized carbons (Fsp3) is 0.500. The lowest BCUT2D eigenvalue weighted by molar-refractivity contribution is -0.117. The molecule has 0 aliphatic heterocycles. The highest BCUT2D eigenvalue weighted by molar-refractivity contribution is 7.08. The molecular weight excluding hydrogens is 182 g/mol. The number of amides is 1. The van der Waals surface area contributed by atoms with Crippen LogP contribution in [-0.4, -0.2) is 5.91 Å². The molecule has 70 valence electrons. The summed E-state index contributed by atoms with van der Waals surface area (Å²) in [5, 5.41) is 6.83. The second kappa shape index (κ2) is 2.84. The number of nitrogens with one attached hydrogen (secondary N) is 1. The Bertz CT molecular complexity index is 316. The summed E-state index contributed by atoms with van der Waals surface area (Å²) >= 11 is 1.60. The molecule has 0 spiro atoms. The summed E-state index contributed by atoms with van der Waals surface area (Å²) < 4.78 is 0. The quantitative estimate of drug-likeness (QED) is 0.772. The largest absolute Gasteiger partial charge is 0.325 e.